The van der Waals surface area contributed by atoms with E-state index in [1.54, 1.807) is 33.5 Å². The first-order chi connectivity index (χ1) is 16.0. The highest BCUT2D eigenvalue weighted by Crippen LogP contribution is 2.33. The SMILES string of the molecule is COC(=O)c1ccc(NC(=O)CC2CSc3nc4c(cnn4-c4ccccc4)c(=O)n32)cc1. The van der Waals surface area contributed by atoms with Crippen LogP contribution in [0.15, 0.2) is 70.7 Å². The Hall–Kier alpha value is -3.92. The Morgan fingerprint density at radius 1 is 1.15 bits per heavy atom. The third-order valence-corrected chi connectivity index (χ3v) is 6.48. The Kier molecular flexibility index (Phi) is 5.43. The summed E-state index contributed by atoms with van der Waals surface area (Å²) in [6, 6.07) is 15.6. The van der Waals surface area contributed by atoms with Crippen molar-refractivity contribution in [2.45, 2.75) is 17.6 Å². The fourth-order valence-corrected chi connectivity index (χ4v) is 4.90. The summed E-state index contributed by atoms with van der Waals surface area (Å²) in [5.74, 6) is -0.102. The number of esters is 1. The quantitative estimate of drug-likeness (QED) is 0.359. The number of benzene rings is 2. The van der Waals surface area contributed by atoms with E-state index in [1.807, 2.05) is 30.3 Å². The van der Waals surface area contributed by atoms with Crippen LogP contribution in [0.1, 0.15) is 22.8 Å². The molecule has 0 bridgehead atoms. The van der Waals surface area contributed by atoms with Crippen molar-refractivity contribution in [2.24, 2.45) is 0 Å². The highest BCUT2D eigenvalue weighted by atomic mass is 32.2. The lowest BCUT2D eigenvalue weighted by Gasteiger charge is -2.13. The van der Waals surface area contributed by atoms with E-state index >= 15 is 0 Å². The number of hydrogen-bond donors (Lipinski definition) is 1. The average Bonchev–Trinajstić information content (AvgIpc) is 3.44. The van der Waals surface area contributed by atoms with Crippen molar-refractivity contribution in [3.8, 4) is 5.69 Å². The van der Waals surface area contributed by atoms with Gasteiger partial charge in [-0.05, 0) is 36.4 Å². The second kappa shape index (κ2) is 8.55. The van der Waals surface area contributed by atoms with Gasteiger partial charge in [-0.1, -0.05) is 30.0 Å². The number of aromatic nitrogens is 4. The number of methoxy groups -OCH3 is 1. The van der Waals surface area contributed by atoms with Gasteiger partial charge in [-0.25, -0.2) is 14.5 Å². The number of carbonyl (C=O) groups is 2. The smallest absolute Gasteiger partial charge is 0.337 e. The number of hydrogen-bond acceptors (Lipinski definition) is 7. The van der Waals surface area contributed by atoms with Crippen LogP contribution in [0.3, 0.4) is 0 Å². The van der Waals surface area contributed by atoms with Crippen molar-refractivity contribution in [1.82, 2.24) is 19.3 Å². The predicted octanol–water partition coefficient (Wildman–Crippen LogP) is 3.04. The van der Waals surface area contributed by atoms with Gasteiger partial charge in [0.05, 0.1) is 30.6 Å². The molecule has 33 heavy (non-hydrogen) atoms. The van der Waals surface area contributed by atoms with Crippen LogP contribution in [-0.2, 0) is 9.53 Å². The lowest BCUT2D eigenvalue weighted by Crippen LogP contribution is -2.27. The summed E-state index contributed by atoms with van der Waals surface area (Å²) in [6.07, 6.45) is 1.65. The second-order valence-electron chi connectivity index (χ2n) is 7.48. The molecule has 1 aliphatic rings. The van der Waals surface area contributed by atoms with Crippen LogP contribution in [0.4, 0.5) is 5.69 Å². The highest BCUT2D eigenvalue weighted by Gasteiger charge is 2.29. The molecule has 0 saturated carbocycles. The number of nitrogens with one attached hydrogen (secondary N) is 1. The first-order valence-corrected chi connectivity index (χ1v) is 11.2. The van der Waals surface area contributed by atoms with E-state index in [4.69, 9.17) is 0 Å². The minimum Gasteiger partial charge on any atom is -0.465 e. The Balaban J connectivity index is 1.37. The maximum atomic E-state index is 13.2. The number of rotatable bonds is 5. The predicted molar refractivity (Wildman–Crippen MR) is 124 cm³/mol. The summed E-state index contributed by atoms with van der Waals surface area (Å²) in [7, 11) is 1.31. The molecular weight excluding hydrogens is 442 g/mol. The van der Waals surface area contributed by atoms with Crippen molar-refractivity contribution < 1.29 is 14.3 Å². The number of ether oxygens (including phenoxy) is 1. The zero-order valence-electron chi connectivity index (χ0n) is 17.6. The summed E-state index contributed by atoms with van der Waals surface area (Å²) in [4.78, 5) is 42.1. The van der Waals surface area contributed by atoms with Crippen LogP contribution < -0.4 is 10.9 Å². The Morgan fingerprint density at radius 2 is 1.91 bits per heavy atom. The van der Waals surface area contributed by atoms with E-state index in [1.165, 1.54) is 25.1 Å². The molecule has 1 atom stereocenters. The van der Waals surface area contributed by atoms with Gasteiger partial charge in [0.2, 0.25) is 5.91 Å². The second-order valence-corrected chi connectivity index (χ2v) is 8.47. The van der Waals surface area contributed by atoms with E-state index in [9.17, 15) is 14.4 Å². The fourth-order valence-electron chi connectivity index (χ4n) is 3.77. The van der Waals surface area contributed by atoms with Crippen molar-refractivity contribution in [1.29, 1.82) is 0 Å². The van der Waals surface area contributed by atoms with Crippen LogP contribution >= 0.6 is 11.8 Å². The van der Waals surface area contributed by atoms with Gasteiger partial charge in [0.1, 0.15) is 5.39 Å². The summed E-state index contributed by atoms with van der Waals surface area (Å²) in [5.41, 5.74) is 2.07. The zero-order chi connectivity index (χ0) is 22.9. The monoisotopic (exact) mass is 461 g/mol. The van der Waals surface area contributed by atoms with Crippen LogP contribution in [0.2, 0.25) is 0 Å². The average molecular weight is 462 g/mol. The van der Waals surface area contributed by atoms with Crippen LogP contribution in [0.25, 0.3) is 16.7 Å². The molecule has 3 heterocycles. The van der Waals surface area contributed by atoms with E-state index in [0.29, 0.717) is 33.2 Å². The molecule has 9 nitrogen and oxygen atoms in total. The lowest BCUT2D eigenvalue weighted by molar-refractivity contribution is -0.116. The van der Waals surface area contributed by atoms with Gasteiger partial charge in [-0.3, -0.25) is 14.2 Å². The standard InChI is InChI=1S/C23H19N5O4S/c1-32-22(31)14-7-9-15(10-8-14)25-19(29)11-17-13-33-23-26-20-18(21(30)27(17)23)12-24-28(20)16-5-3-2-4-6-16/h2-10,12,17H,11,13H2,1H3,(H,25,29). The lowest BCUT2D eigenvalue weighted by atomic mass is 10.2. The van der Waals surface area contributed by atoms with Crippen molar-refractivity contribution in [3.63, 3.8) is 0 Å². The molecule has 166 valence electrons. The largest absolute Gasteiger partial charge is 0.465 e. The zero-order valence-corrected chi connectivity index (χ0v) is 18.4. The van der Waals surface area contributed by atoms with Gasteiger partial charge in [-0.15, -0.1) is 0 Å². The number of anilines is 1. The molecule has 1 N–H and O–H groups in total. The summed E-state index contributed by atoms with van der Waals surface area (Å²) in [6.45, 7) is 0. The number of thioether (sulfide) groups is 1. The number of para-hydroxylation sites is 1. The Morgan fingerprint density at radius 3 is 2.64 bits per heavy atom. The Bertz CT molecular complexity index is 1410. The molecule has 1 unspecified atom stereocenters. The topological polar surface area (TPSA) is 108 Å². The summed E-state index contributed by atoms with van der Waals surface area (Å²) in [5, 5.41) is 8.15. The Labute approximate surface area is 192 Å². The number of carbonyl (C=O) groups excluding carboxylic acids is 2. The number of fused-ring (bicyclic) bond motifs is 2. The molecule has 0 saturated heterocycles. The van der Waals surface area contributed by atoms with Gasteiger partial charge in [0.25, 0.3) is 5.56 Å². The van der Waals surface area contributed by atoms with Crippen LogP contribution in [0.5, 0.6) is 0 Å². The molecule has 2 aromatic heterocycles. The molecule has 10 heteroatoms. The van der Waals surface area contributed by atoms with Crippen molar-refractivity contribution in [2.75, 3.05) is 18.2 Å². The number of nitrogens with zero attached hydrogens (tertiary/aromatic N) is 4. The third-order valence-electron chi connectivity index (χ3n) is 5.38. The van der Waals surface area contributed by atoms with Crippen molar-refractivity contribution in [3.05, 3.63) is 76.7 Å². The van der Waals surface area contributed by atoms with E-state index < -0.39 is 5.97 Å². The van der Waals surface area contributed by atoms with Gasteiger partial charge in [0.15, 0.2) is 10.8 Å². The first-order valence-electron chi connectivity index (χ1n) is 10.2. The molecule has 0 fully saturated rings. The molecule has 5 rings (SSSR count). The van der Waals surface area contributed by atoms with Gasteiger partial charge >= 0.3 is 5.97 Å². The normalized spacial score (nSPS) is 14.8. The summed E-state index contributed by atoms with van der Waals surface area (Å²) < 4.78 is 7.91. The van der Waals surface area contributed by atoms with Crippen LogP contribution in [-0.4, -0.2) is 44.1 Å². The maximum absolute atomic E-state index is 13.2. The first kappa shape index (κ1) is 21.0. The minimum absolute atomic E-state index is 0.124. The van der Waals surface area contributed by atoms with E-state index in [2.05, 4.69) is 20.1 Å². The molecule has 1 aliphatic heterocycles. The molecule has 1 amide bonds. The summed E-state index contributed by atoms with van der Waals surface area (Å²) >= 11 is 1.45. The molecule has 0 aliphatic carbocycles. The minimum atomic E-state index is -0.443. The highest BCUT2D eigenvalue weighted by molar-refractivity contribution is 7.99. The number of amides is 1. The molecule has 0 spiro atoms. The molecule has 2 aromatic carbocycles. The molecule has 0 radical (unpaired) electrons. The van der Waals surface area contributed by atoms with Crippen molar-refractivity contribution >= 4 is 40.4 Å². The fraction of sp³-hybridized carbons (Fsp3) is 0.174. The van der Waals surface area contributed by atoms with Gasteiger partial charge in [0, 0.05) is 17.9 Å². The van der Waals surface area contributed by atoms with Gasteiger partial charge < -0.3 is 10.1 Å². The van der Waals surface area contributed by atoms with Crippen LogP contribution in [0, 0.1) is 0 Å². The van der Waals surface area contributed by atoms with E-state index in [0.717, 1.165) is 5.69 Å². The molecule has 4 aromatic rings. The van der Waals surface area contributed by atoms with E-state index in [-0.39, 0.29) is 23.9 Å². The third kappa shape index (κ3) is 3.89. The molecular formula is C23H19N5O4S. The maximum Gasteiger partial charge on any atom is 0.337 e. The van der Waals surface area contributed by atoms with Gasteiger partial charge in [-0.2, -0.15) is 5.10 Å².